The van der Waals surface area contributed by atoms with Crippen LogP contribution in [0.5, 0.6) is 0 Å². The maximum absolute atomic E-state index is 11.8. The third kappa shape index (κ3) is 6.85. The van der Waals surface area contributed by atoms with Gasteiger partial charge >= 0.3 is 0 Å². The lowest BCUT2D eigenvalue weighted by molar-refractivity contribution is -0.122. The molecule has 0 radical (unpaired) electrons. The molecule has 1 aliphatic carbocycles. The van der Waals surface area contributed by atoms with Crippen LogP contribution in [0, 0.1) is 11.8 Å². The summed E-state index contributed by atoms with van der Waals surface area (Å²) in [5.74, 6) is 1.72. The molecule has 0 aliphatic heterocycles. The van der Waals surface area contributed by atoms with E-state index in [1.54, 1.807) is 0 Å². The van der Waals surface area contributed by atoms with Gasteiger partial charge in [0.1, 0.15) is 5.78 Å². The molecule has 0 heterocycles. The fourth-order valence-corrected chi connectivity index (χ4v) is 2.82. The smallest absolute Gasteiger partial charge is 0.135 e. The molecular weight excluding hydrogens is 208 g/mol. The van der Waals surface area contributed by atoms with Gasteiger partial charge in [-0.15, -0.1) is 0 Å². The number of ketones is 1. The molecule has 1 fully saturated rings. The van der Waals surface area contributed by atoms with Gasteiger partial charge in [-0.3, -0.25) is 4.79 Å². The van der Waals surface area contributed by atoms with Crippen molar-refractivity contribution < 1.29 is 4.79 Å². The Hall–Kier alpha value is -0.330. The first-order chi connectivity index (χ1) is 8.20. The molecule has 1 heteroatoms. The number of Topliss-reactive ketones (excluding diaryl/α,β-unsaturated/α-hetero) is 1. The molecule has 0 saturated heterocycles. The normalized spacial score (nSPS) is 30.8. The van der Waals surface area contributed by atoms with Gasteiger partial charge in [-0.05, 0) is 18.8 Å². The Bertz CT molecular complexity index is 210. The molecule has 2 atom stereocenters. The molecule has 0 aromatic heterocycles. The fraction of sp³-hybridized carbons (Fsp3) is 0.938. The molecule has 1 rings (SSSR count). The van der Waals surface area contributed by atoms with E-state index in [2.05, 4.69) is 13.8 Å². The van der Waals surface area contributed by atoms with E-state index in [0.29, 0.717) is 11.7 Å². The highest BCUT2D eigenvalue weighted by molar-refractivity contribution is 5.80. The second-order valence-corrected chi connectivity index (χ2v) is 6.06. The van der Waals surface area contributed by atoms with E-state index in [4.69, 9.17) is 0 Å². The lowest BCUT2D eigenvalue weighted by Crippen LogP contribution is -2.10. The lowest BCUT2D eigenvalue weighted by atomic mass is 9.91. The van der Waals surface area contributed by atoms with Crippen LogP contribution in [0.2, 0.25) is 0 Å². The molecule has 1 saturated carbocycles. The molecule has 0 spiro atoms. The SMILES string of the molecule is CC1CCCCCCC(C)C(=O)CCCCC1. The Balaban J connectivity index is 2.30. The quantitative estimate of drug-likeness (QED) is 0.571. The Labute approximate surface area is 107 Å². The molecule has 17 heavy (non-hydrogen) atoms. The van der Waals surface area contributed by atoms with Crippen molar-refractivity contribution in [2.24, 2.45) is 11.8 Å². The summed E-state index contributed by atoms with van der Waals surface area (Å²) in [6.45, 7) is 4.51. The lowest BCUT2D eigenvalue weighted by Gasteiger charge is -2.14. The molecule has 0 aromatic rings. The summed E-state index contributed by atoms with van der Waals surface area (Å²) < 4.78 is 0. The molecule has 1 aliphatic rings. The first kappa shape index (κ1) is 14.7. The van der Waals surface area contributed by atoms with Gasteiger partial charge in [0, 0.05) is 12.3 Å². The van der Waals surface area contributed by atoms with E-state index in [-0.39, 0.29) is 0 Å². The molecule has 0 N–H and O–H groups in total. The Morgan fingerprint density at radius 1 is 0.765 bits per heavy atom. The van der Waals surface area contributed by atoms with E-state index in [1.807, 2.05) is 0 Å². The zero-order valence-corrected chi connectivity index (χ0v) is 11.8. The highest BCUT2D eigenvalue weighted by atomic mass is 16.1. The minimum atomic E-state index is 0.317. The monoisotopic (exact) mass is 238 g/mol. The summed E-state index contributed by atoms with van der Waals surface area (Å²) >= 11 is 0. The van der Waals surface area contributed by atoms with Gasteiger partial charge in [0.15, 0.2) is 0 Å². The van der Waals surface area contributed by atoms with Crippen molar-refractivity contribution >= 4 is 5.78 Å². The molecule has 0 amide bonds. The van der Waals surface area contributed by atoms with Crippen molar-refractivity contribution in [3.05, 3.63) is 0 Å². The van der Waals surface area contributed by atoms with Gasteiger partial charge in [-0.25, -0.2) is 0 Å². The molecule has 0 bridgehead atoms. The topological polar surface area (TPSA) is 17.1 Å². The van der Waals surface area contributed by atoms with Crippen LogP contribution < -0.4 is 0 Å². The third-order valence-corrected chi connectivity index (χ3v) is 4.25. The van der Waals surface area contributed by atoms with Crippen LogP contribution in [-0.4, -0.2) is 5.78 Å². The predicted molar refractivity (Wildman–Crippen MR) is 74.1 cm³/mol. The van der Waals surface area contributed by atoms with Crippen LogP contribution in [0.15, 0.2) is 0 Å². The van der Waals surface area contributed by atoms with Crippen LogP contribution in [0.3, 0.4) is 0 Å². The van der Waals surface area contributed by atoms with Crippen molar-refractivity contribution in [3.63, 3.8) is 0 Å². The minimum absolute atomic E-state index is 0.317. The number of hydrogen-bond acceptors (Lipinski definition) is 1. The van der Waals surface area contributed by atoms with Gasteiger partial charge in [-0.1, -0.05) is 65.2 Å². The van der Waals surface area contributed by atoms with Gasteiger partial charge < -0.3 is 0 Å². The zero-order valence-electron chi connectivity index (χ0n) is 11.8. The van der Waals surface area contributed by atoms with Crippen LogP contribution in [-0.2, 0) is 4.79 Å². The van der Waals surface area contributed by atoms with E-state index < -0.39 is 0 Å². The van der Waals surface area contributed by atoms with Crippen LogP contribution >= 0.6 is 0 Å². The van der Waals surface area contributed by atoms with Crippen molar-refractivity contribution in [1.29, 1.82) is 0 Å². The van der Waals surface area contributed by atoms with Crippen molar-refractivity contribution in [2.75, 3.05) is 0 Å². The number of carbonyl (C=O) groups is 1. The molecule has 100 valence electrons. The molecular formula is C16H30O. The standard InChI is InChI=1S/C16H30O/c1-14-10-6-3-4-8-12-15(2)16(17)13-9-5-7-11-14/h14-15H,3-13H2,1-2H3. The highest BCUT2D eigenvalue weighted by Crippen LogP contribution is 2.20. The summed E-state index contributed by atoms with van der Waals surface area (Å²) in [4.78, 5) is 11.8. The van der Waals surface area contributed by atoms with Crippen LogP contribution in [0.4, 0.5) is 0 Å². The number of rotatable bonds is 0. The molecule has 0 aromatic carbocycles. The maximum Gasteiger partial charge on any atom is 0.135 e. The van der Waals surface area contributed by atoms with E-state index in [1.165, 1.54) is 51.4 Å². The van der Waals surface area contributed by atoms with E-state index >= 15 is 0 Å². The summed E-state index contributed by atoms with van der Waals surface area (Å²) in [7, 11) is 0. The zero-order chi connectivity index (χ0) is 12.5. The summed E-state index contributed by atoms with van der Waals surface area (Å²) in [6.07, 6.45) is 13.8. The summed E-state index contributed by atoms with van der Waals surface area (Å²) in [5, 5.41) is 0. The summed E-state index contributed by atoms with van der Waals surface area (Å²) in [5.41, 5.74) is 0. The van der Waals surface area contributed by atoms with Crippen molar-refractivity contribution in [2.45, 2.75) is 84.5 Å². The number of hydrogen-bond donors (Lipinski definition) is 0. The average molecular weight is 238 g/mol. The first-order valence-corrected chi connectivity index (χ1v) is 7.73. The van der Waals surface area contributed by atoms with Gasteiger partial charge in [0.05, 0.1) is 0 Å². The summed E-state index contributed by atoms with van der Waals surface area (Å²) in [6, 6.07) is 0. The van der Waals surface area contributed by atoms with Gasteiger partial charge in [0.2, 0.25) is 0 Å². The largest absolute Gasteiger partial charge is 0.299 e. The number of carbonyl (C=O) groups excluding carboxylic acids is 1. The van der Waals surface area contributed by atoms with Crippen LogP contribution in [0.25, 0.3) is 0 Å². The second kappa shape index (κ2) is 8.72. The average Bonchev–Trinajstić information content (AvgIpc) is 2.31. The second-order valence-electron chi connectivity index (χ2n) is 6.06. The Kier molecular flexibility index (Phi) is 7.55. The van der Waals surface area contributed by atoms with Crippen molar-refractivity contribution in [1.82, 2.24) is 0 Å². The first-order valence-electron chi connectivity index (χ1n) is 7.73. The minimum Gasteiger partial charge on any atom is -0.299 e. The molecule has 2 unspecified atom stereocenters. The maximum atomic E-state index is 11.8. The van der Waals surface area contributed by atoms with Gasteiger partial charge in [-0.2, -0.15) is 0 Å². The Morgan fingerprint density at radius 2 is 1.29 bits per heavy atom. The van der Waals surface area contributed by atoms with E-state index in [9.17, 15) is 4.79 Å². The third-order valence-electron chi connectivity index (χ3n) is 4.25. The van der Waals surface area contributed by atoms with Gasteiger partial charge in [0.25, 0.3) is 0 Å². The fourth-order valence-electron chi connectivity index (χ4n) is 2.82. The highest BCUT2D eigenvalue weighted by Gasteiger charge is 2.12. The predicted octanol–water partition coefficient (Wildman–Crippen LogP) is 5.13. The Morgan fingerprint density at radius 3 is 1.94 bits per heavy atom. The van der Waals surface area contributed by atoms with Crippen LogP contribution in [0.1, 0.15) is 84.5 Å². The molecule has 1 nitrogen and oxygen atoms in total. The van der Waals surface area contributed by atoms with E-state index in [0.717, 1.165) is 25.2 Å². The van der Waals surface area contributed by atoms with Crippen molar-refractivity contribution in [3.8, 4) is 0 Å².